The Hall–Kier alpha value is -0.950. The molecule has 2 fully saturated rings. The first kappa shape index (κ1) is 12.8. The van der Waals surface area contributed by atoms with Crippen molar-refractivity contribution in [1.29, 1.82) is 0 Å². The van der Waals surface area contributed by atoms with Gasteiger partial charge in [0.05, 0.1) is 16.7 Å². The summed E-state index contributed by atoms with van der Waals surface area (Å²) < 4.78 is 7.64. The van der Waals surface area contributed by atoms with E-state index in [9.17, 15) is 0 Å². The van der Waals surface area contributed by atoms with Crippen LogP contribution in [-0.2, 0) is 0 Å². The fourth-order valence-electron chi connectivity index (χ4n) is 2.83. The monoisotopic (exact) mass is 353 g/mol. The maximum absolute atomic E-state index is 4.74. The molecule has 2 aliphatic rings. The quantitative estimate of drug-likeness (QED) is 0.849. The van der Waals surface area contributed by atoms with Gasteiger partial charge in [-0.25, -0.2) is 4.98 Å². The highest BCUT2D eigenvalue weighted by molar-refractivity contribution is 9.10. The van der Waals surface area contributed by atoms with Gasteiger partial charge in [-0.05, 0) is 35.2 Å². The van der Waals surface area contributed by atoms with E-state index in [-0.39, 0.29) is 0 Å². The topological polar surface area (TPSA) is 46.8 Å². The number of nitrogens with zero attached hydrogens (tertiary/aromatic N) is 5. The van der Waals surface area contributed by atoms with Crippen LogP contribution in [0.1, 0.15) is 43.5 Å². The summed E-state index contributed by atoms with van der Waals surface area (Å²) in [5.74, 6) is 1.70. The van der Waals surface area contributed by atoms with E-state index < -0.39 is 0 Å². The van der Waals surface area contributed by atoms with Crippen molar-refractivity contribution < 1.29 is 0 Å². The predicted molar refractivity (Wildman–Crippen MR) is 82.3 cm³/mol. The molecule has 1 aliphatic heterocycles. The van der Waals surface area contributed by atoms with Crippen LogP contribution in [0.4, 0.5) is 5.13 Å². The molecule has 1 saturated heterocycles. The van der Waals surface area contributed by atoms with Crippen molar-refractivity contribution in [2.45, 2.75) is 37.6 Å². The molecule has 0 N–H and O–H groups in total. The normalized spacial score (nSPS) is 23.2. The number of hydrogen-bond acceptors (Lipinski definition) is 5. The minimum Gasteiger partial charge on any atom is -0.345 e. The summed E-state index contributed by atoms with van der Waals surface area (Å²) in [7, 11) is 0. The van der Waals surface area contributed by atoms with Crippen LogP contribution in [0.3, 0.4) is 0 Å². The molecule has 0 radical (unpaired) electrons. The SMILES string of the molecule is Brc1cnn(C2CCN(c3nc(C4CCC4)ns3)C2)c1. The zero-order valence-corrected chi connectivity index (χ0v) is 13.5. The minimum atomic E-state index is 0.442. The fraction of sp³-hybridized carbons (Fsp3) is 0.615. The zero-order valence-electron chi connectivity index (χ0n) is 11.1. The van der Waals surface area contributed by atoms with Gasteiger partial charge in [0.2, 0.25) is 5.13 Å². The third-order valence-electron chi connectivity index (χ3n) is 4.28. The molecular weight excluding hydrogens is 338 g/mol. The Labute approximate surface area is 130 Å². The molecule has 2 aromatic rings. The molecule has 1 aliphatic carbocycles. The molecular formula is C13H16BrN5S. The highest BCUT2D eigenvalue weighted by Gasteiger charge is 2.29. The third-order valence-corrected chi connectivity index (χ3v) is 5.48. The largest absolute Gasteiger partial charge is 0.345 e. The maximum Gasteiger partial charge on any atom is 0.205 e. The second-order valence-corrected chi connectivity index (χ2v) is 7.24. The van der Waals surface area contributed by atoms with Crippen LogP contribution in [0, 0.1) is 0 Å². The van der Waals surface area contributed by atoms with Gasteiger partial charge in [-0.1, -0.05) is 6.42 Å². The average molecular weight is 354 g/mol. The molecule has 0 amide bonds. The maximum atomic E-state index is 4.74. The second-order valence-electron chi connectivity index (χ2n) is 5.59. The van der Waals surface area contributed by atoms with E-state index >= 15 is 0 Å². The van der Waals surface area contributed by atoms with Gasteiger partial charge in [-0.15, -0.1) is 0 Å². The predicted octanol–water partition coefficient (Wildman–Crippen LogP) is 3.22. The summed E-state index contributed by atoms with van der Waals surface area (Å²) in [6, 6.07) is 0.442. The molecule has 20 heavy (non-hydrogen) atoms. The van der Waals surface area contributed by atoms with E-state index in [2.05, 4.69) is 35.0 Å². The van der Waals surface area contributed by atoms with Crippen molar-refractivity contribution in [3.8, 4) is 0 Å². The van der Waals surface area contributed by atoms with Crippen LogP contribution in [0.2, 0.25) is 0 Å². The summed E-state index contributed by atoms with van der Waals surface area (Å²) in [4.78, 5) is 7.09. The first-order valence-corrected chi connectivity index (χ1v) is 8.64. The summed E-state index contributed by atoms with van der Waals surface area (Å²) in [5.41, 5.74) is 0. The van der Waals surface area contributed by atoms with Gasteiger partial charge in [0, 0.05) is 36.7 Å². The minimum absolute atomic E-state index is 0.442. The van der Waals surface area contributed by atoms with Gasteiger partial charge in [0.25, 0.3) is 0 Å². The van der Waals surface area contributed by atoms with Crippen molar-refractivity contribution in [1.82, 2.24) is 19.1 Å². The van der Waals surface area contributed by atoms with E-state index in [0.29, 0.717) is 12.0 Å². The van der Waals surface area contributed by atoms with Crippen LogP contribution in [0.25, 0.3) is 0 Å². The van der Waals surface area contributed by atoms with Crippen molar-refractivity contribution in [2.24, 2.45) is 0 Å². The second kappa shape index (κ2) is 5.11. The van der Waals surface area contributed by atoms with Gasteiger partial charge in [-0.3, -0.25) is 4.68 Å². The third kappa shape index (κ3) is 2.26. The lowest BCUT2D eigenvalue weighted by Gasteiger charge is -2.22. The molecule has 1 atom stereocenters. The van der Waals surface area contributed by atoms with Crippen molar-refractivity contribution in [2.75, 3.05) is 18.0 Å². The molecule has 3 heterocycles. The highest BCUT2D eigenvalue weighted by Crippen LogP contribution is 2.37. The molecule has 5 nitrogen and oxygen atoms in total. The molecule has 106 valence electrons. The Morgan fingerprint density at radius 2 is 2.20 bits per heavy atom. The molecule has 1 saturated carbocycles. The Kier molecular flexibility index (Phi) is 3.26. The molecule has 1 unspecified atom stereocenters. The van der Waals surface area contributed by atoms with Crippen LogP contribution in [0.15, 0.2) is 16.9 Å². The van der Waals surface area contributed by atoms with E-state index in [0.717, 1.165) is 34.9 Å². The van der Waals surface area contributed by atoms with Gasteiger partial charge in [-0.2, -0.15) is 9.47 Å². The van der Waals surface area contributed by atoms with Crippen LogP contribution >= 0.6 is 27.5 Å². The smallest absolute Gasteiger partial charge is 0.205 e. The molecule has 0 spiro atoms. The average Bonchev–Trinajstić information content (AvgIpc) is 3.04. The number of halogens is 1. The zero-order chi connectivity index (χ0) is 13.5. The lowest BCUT2D eigenvalue weighted by Crippen LogP contribution is -2.21. The lowest BCUT2D eigenvalue weighted by atomic mass is 9.85. The molecule has 7 heteroatoms. The Balaban J connectivity index is 1.46. The standard InChI is InChI=1S/C13H16BrN5S/c14-10-6-15-19(7-10)11-4-5-18(8-11)13-16-12(17-20-13)9-2-1-3-9/h6-7,9,11H,1-5,8H2. The molecule has 0 aromatic carbocycles. The van der Waals surface area contributed by atoms with Crippen LogP contribution < -0.4 is 4.90 Å². The molecule has 4 rings (SSSR count). The number of aromatic nitrogens is 4. The summed E-state index contributed by atoms with van der Waals surface area (Å²) in [6.07, 6.45) is 8.88. The number of hydrogen-bond donors (Lipinski definition) is 0. The fourth-order valence-corrected chi connectivity index (χ4v) is 3.92. The summed E-state index contributed by atoms with van der Waals surface area (Å²) in [5, 5.41) is 5.48. The first-order chi connectivity index (χ1) is 9.79. The Morgan fingerprint density at radius 1 is 1.30 bits per heavy atom. The van der Waals surface area contributed by atoms with Crippen LogP contribution in [-0.4, -0.2) is 32.2 Å². The van der Waals surface area contributed by atoms with E-state index in [1.54, 1.807) is 11.5 Å². The lowest BCUT2D eigenvalue weighted by molar-refractivity contribution is 0.405. The van der Waals surface area contributed by atoms with Gasteiger partial charge in [0.15, 0.2) is 0 Å². The first-order valence-electron chi connectivity index (χ1n) is 7.08. The van der Waals surface area contributed by atoms with Crippen molar-refractivity contribution in [3.63, 3.8) is 0 Å². The summed E-state index contributed by atoms with van der Waals surface area (Å²) in [6.45, 7) is 2.02. The Morgan fingerprint density at radius 3 is 2.90 bits per heavy atom. The number of anilines is 1. The highest BCUT2D eigenvalue weighted by atomic mass is 79.9. The van der Waals surface area contributed by atoms with E-state index in [1.165, 1.54) is 19.3 Å². The molecule has 2 aromatic heterocycles. The van der Waals surface area contributed by atoms with E-state index in [4.69, 9.17) is 4.98 Å². The van der Waals surface area contributed by atoms with Gasteiger partial charge >= 0.3 is 0 Å². The van der Waals surface area contributed by atoms with Gasteiger partial charge in [0.1, 0.15) is 5.82 Å². The van der Waals surface area contributed by atoms with Gasteiger partial charge < -0.3 is 4.90 Å². The Bertz CT molecular complexity index is 605. The number of rotatable bonds is 3. The van der Waals surface area contributed by atoms with Crippen LogP contribution in [0.5, 0.6) is 0 Å². The van der Waals surface area contributed by atoms with Crippen molar-refractivity contribution in [3.05, 3.63) is 22.7 Å². The summed E-state index contributed by atoms with van der Waals surface area (Å²) >= 11 is 5.01. The van der Waals surface area contributed by atoms with E-state index in [1.807, 2.05) is 12.4 Å². The van der Waals surface area contributed by atoms with Crippen molar-refractivity contribution >= 4 is 32.6 Å². The molecule has 0 bridgehead atoms.